The molecule has 0 saturated carbocycles. The van der Waals surface area contributed by atoms with E-state index in [0.717, 1.165) is 24.1 Å². The van der Waals surface area contributed by atoms with Crippen molar-refractivity contribution in [1.82, 2.24) is 4.98 Å². The van der Waals surface area contributed by atoms with Crippen LogP contribution in [0.25, 0.3) is 16.8 Å². The van der Waals surface area contributed by atoms with Gasteiger partial charge in [-0.25, -0.2) is 4.98 Å². The molecular formula is C15H14N2S. The molecule has 1 aliphatic rings. The lowest BCUT2D eigenvalue weighted by Crippen LogP contribution is -1.87. The molecular weight excluding hydrogens is 240 g/mol. The summed E-state index contributed by atoms with van der Waals surface area (Å²) in [5.74, 6) is 0. The molecule has 0 unspecified atom stereocenters. The van der Waals surface area contributed by atoms with Crippen LogP contribution in [0.5, 0.6) is 0 Å². The summed E-state index contributed by atoms with van der Waals surface area (Å²) in [6.45, 7) is 0. The van der Waals surface area contributed by atoms with Crippen LogP contribution in [0.1, 0.15) is 17.7 Å². The van der Waals surface area contributed by atoms with Crippen molar-refractivity contribution in [1.29, 1.82) is 0 Å². The Morgan fingerprint density at radius 3 is 2.67 bits per heavy atom. The van der Waals surface area contributed by atoms with E-state index in [9.17, 15) is 0 Å². The highest BCUT2D eigenvalue weighted by Gasteiger charge is 2.14. The number of anilines is 1. The summed E-state index contributed by atoms with van der Waals surface area (Å²) in [6, 6.07) is 10.2. The number of thiazole rings is 1. The molecule has 2 N–H and O–H groups in total. The van der Waals surface area contributed by atoms with Crippen LogP contribution in [0.2, 0.25) is 0 Å². The first kappa shape index (κ1) is 11.2. The average molecular weight is 254 g/mol. The SMILES string of the molecule is Nc1nc(-c2ccccc2)c(C2=CCCC=C2)s1. The highest BCUT2D eigenvalue weighted by atomic mass is 32.1. The van der Waals surface area contributed by atoms with Gasteiger partial charge in [-0.05, 0) is 18.4 Å². The molecule has 3 rings (SSSR count). The van der Waals surface area contributed by atoms with E-state index in [-0.39, 0.29) is 0 Å². The molecule has 1 aliphatic carbocycles. The van der Waals surface area contributed by atoms with E-state index < -0.39 is 0 Å². The Kier molecular flexibility index (Phi) is 2.99. The lowest BCUT2D eigenvalue weighted by atomic mass is 10.0. The third-order valence-electron chi connectivity index (χ3n) is 2.95. The minimum Gasteiger partial charge on any atom is -0.375 e. The summed E-state index contributed by atoms with van der Waals surface area (Å²) in [7, 11) is 0. The van der Waals surface area contributed by atoms with Gasteiger partial charge < -0.3 is 5.73 Å². The van der Waals surface area contributed by atoms with E-state index in [4.69, 9.17) is 5.73 Å². The Morgan fingerprint density at radius 2 is 1.94 bits per heavy atom. The molecule has 3 heteroatoms. The minimum atomic E-state index is 0.628. The Morgan fingerprint density at radius 1 is 1.11 bits per heavy atom. The van der Waals surface area contributed by atoms with Gasteiger partial charge in [0.25, 0.3) is 0 Å². The molecule has 1 aromatic heterocycles. The van der Waals surface area contributed by atoms with Gasteiger partial charge in [0.05, 0.1) is 10.6 Å². The van der Waals surface area contributed by atoms with Gasteiger partial charge >= 0.3 is 0 Å². The number of nitrogens with zero attached hydrogens (tertiary/aromatic N) is 1. The van der Waals surface area contributed by atoms with Gasteiger partial charge in [-0.3, -0.25) is 0 Å². The molecule has 1 aromatic carbocycles. The van der Waals surface area contributed by atoms with Crippen molar-refractivity contribution in [3.05, 3.63) is 53.4 Å². The number of aromatic nitrogens is 1. The second-order valence-corrected chi connectivity index (χ2v) is 5.27. The first-order valence-electron chi connectivity index (χ1n) is 6.03. The maximum absolute atomic E-state index is 5.88. The summed E-state index contributed by atoms with van der Waals surface area (Å²) in [4.78, 5) is 5.65. The van der Waals surface area contributed by atoms with Crippen molar-refractivity contribution in [2.75, 3.05) is 5.73 Å². The Hall–Kier alpha value is -1.87. The number of hydrogen-bond acceptors (Lipinski definition) is 3. The van der Waals surface area contributed by atoms with Crippen molar-refractivity contribution in [2.45, 2.75) is 12.8 Å². The van der Waals surface area contributed by atoms with Crippen LogP contribution in [-0.4, -0.2) is 4.98 Å². The second kappa shape index (κ2) is 4.78. The molecule has 0 amide bonds. The molecule has 1 heterocycles. The zero-order valence-electron chi connectivity index (χ0n) is 9.97. The monoisotopic (exact) mass is 254 g/mol. The van der Waals surface area contributed by atoms with Gasteiger partial charge in [0.1, 0.15) is 0 Å². The van der Waals surface area contributed by atoms with Gasteiger partial charge in [-0.15, -0.1) is 0 Å². The first-order chi connectivity index (χ1) is 8.84. The van der Waals surface area contributed by atoms with Crippen LogP contribution in [0.3, 0.4) is 0 Å². The second-order valence-electron chi connectivity index (χ2n) is 4.24. The quantitative estimate of drug-likeness (QED) is 0.875. The van der Waals surface area contributed by atoms with Crippen LogP contribution in [0, 0.1) is 0 Å². The Labute approximate surface area is 110 Å². The molecule has 2 aromatic rings. The van der Waals surface area contributed by atoms with Crippen molar-refractivity contribution in [3.63, 3.8) is 0 Å². The van der Waals surface area contributed by atoms with Gasteiger partial charge in [0.2, 0.25) is 0 Å². The van der Waals surface area contributed by atoms with E-state index in [0.29, 0.717) is 5.13 Å². The van der Waals surface area contributed by atoms with Crippen molar-refractivity contribution < 1.29 is 0 Å². The summed E-state index contributed by atoms with van der Waals surface area (Å²) >= 11 is 1.56. The summed E-state index contributed by atoms with van der Waals surface area (Å²) in [5, 5.41) is 0.628. The van der Waals surface area contributed by atoms with Gasteiger partial charge in [-0.1, -0.05) is 59.9 Å². The molecule has 0 fully saturated rings. The smallest absolute Gasteiger partial charge is 0.181 e. The summed E-state index contributed by atoms with van der Waals surface area (Å²) in [5.41, 5.74) is 9.25. The van der Waals surface area contributed by atoms with Crippen LogP contribution >= 0.6 is 11.3 Å². The fraction of sp³-hybridized carbons (Fsp3) is 0.133. The fourth-order valence-electron chi connectivity index (χ4n) is 2.11. The zero-order valence-corrected chi connectivity index (χ0v) is 10.8. The van der Waals surface area contributed by atoms with E-state index in [1.54, 1.807) is 11.3 Å². The average Bonchev–Trinajstić information content (AvgIpc) is 2.83. The molecule has 0 saturated heterocycles. The molecule has 18 heavy (non-hydrogen) atoms. The number of nitrogen functional groups attached to an aromatic ring is 1. The third kappa shape index (κ3) is 2.09. The minimum absolute atomic E-state index is 0.628. The normalized spacial score (nSPS) is 14.6. The van der Waals surface area contributed by atoms with Gasteiger partial charge in [0, 0.05) is 5.56 Å². The fourth-order valence-corrected chi connectivity index (χ4v) is 2.98. The maximum Gasteiger partial charge on any atom is 0.181 e. The van der Waals surface area contributed by atoms with Crippen LogP contribution in [0.15, 0.2) is 48.6 Å². The number of hydrogen-bond donors (Lipinski definition) is 1. The summed E-state index contributed by atoms with van der Waals surface area (Å²) in [6.07, 6.45) is 8.86. The third-order valence-corrected chi connectivity index (χ3v) is 3.88. The van der Waals surface area contributed by atoms with E-state index in [1.807, 2.05) is 18.2 Å². The number of rotatable bonds is 2. The van der Waals surface area contributed by atoms with Crippen molar-refractivity contribution in [3.8, 4) is 11.3 Å². The first-order valence-corrected chi connectivity index (χ1v) is 6.85. The molecule has 0 spiro atoms. The number of nitrogens with two attached hydrogens (primary N) is 1. The van der Waals surface area contributed by atoms with E-state index in [1.165, 1.54) is 10.5 Å². The molecule has 2 nitrogen and oxygen atoms in total. The predicted molar refractivity (Wildman–Crippen MR) is 78.3 cm³/mol. The van der Waals surface area contributed by atoms with Gasteiger partial charge in [0.15, 0.2) is 5.13 Å². The van der Waals surface area contributed by atoms with Gasteiger partial charge in [-0.2, -0.15) is 0 Å². The summed E-state index contributed by atoms with van der Waals surface area (Å²) < 4.78 is 0. The topological polar surface area (TPSA) is 38.9 Å². The van der Waals surface area contributed by atoms with Crippen LogP contribution < -0.4 is 5.73 Å². The molecule has 0 atom stereocenters. The number of allylic oxidation sites excluding steroid dienone is 4. The molecule has 0 aliphatic heterocycles. The maximum atomic E-state index is 5.88. The molecule has 90 valence electrons. The largest absolute Gasteiger partial charge is 0.375 e. The van der Waals surface area contributed by atoms with Crippen LogP contribution in [-0.2, 0) is 0 Å². The Balaban J connectivity index is 2.11. The van der Waals surface area contributed by atoms with E-state index in [2.05, 4.69) is 35.3 Å². The van der Waals surface area contributed by atoms with E-state index >= 15 is 0 Å². The van der Waals surface area contributed by atoms with Crippen molar-refractivity contribution >= 4 is 22.0 Å². The molecule has 0 bridgehead atoms. The number of benzene rings is 1. The standard InChI is InChI=1S/C15H14N2S/c16-15-17-13(11-7-3-1-4-8-11)14(18-15)12-9-5-2-6-10-12/h1,3-5,7-10H,2,6H2,(H2,16,17). The highest BCUT2D eigenvalue weighted by molar-refractivity contribution is 7.17. The predicted octanol–water partition coefficient (Wildman–Crippen LogP) is 4.13. The highest BCUT2D eigenvalue weighted by Crippen LogP contribution is 2.36. The molecule has 0 radical (unpaired) electrons. The Bertz CT molecular complexity index is 609. The lowest BCUT2D eigenvalue weighted by molar-refractivity contribution is 1.04. The zero-order chi connectivity index (χ0) is 12.4. The van der Waals surface area contributed by atoms with Crippen LogP contribution in [0.4, 0.5) is 5.13 Å². The van der Waals surface area contributed by atoms with Crippen molar-refractivity contribution in [2.24, 2.45) is 0 Å². The lowest BCUT2D eigenvalue weighted by Gasteiger charge is -2.06.